The third-order valence-corrected chi connectivity index (χ3v) is 6.56. The van der Waals surface area contributed by atoms with Gasteiger partial charge in [0.25, 0.3) is 0 Å². The summed E-state index contributed by atoms with van der Waals surface area (Å²) in [6, 6.07) is 16.1. The van der Waals surface area contributed by atoms with Gasteiger partial charge in [-0.15, -0.1) is 21.5 Å². The molecule has 1 unspecified atom stereocenters. The number of halogens is 1. The maximum atomic E-state index is 13.4. The largest absolute Gasteiger partial charge is 0.419 e. The van der Waals surface area contributed by atoms with Crippen molar-refractivity contribution in [1.29, 1.82) is 0 Å². The highest BCUT2D eigenvalue weighted by Gasteiger charge is 2.20. The normalized spacial score (nSPS) is 12.3. The number of rotatable bonds is 5. The summed E-state index contributed by atoms with van der Waals surface area (Å²) in [5.41, 5.74) is 2.80. The van der Waals surface area contributed by atoms with Crippen LogP contribution in [0, 0.1) is 5.82 Å². The zero-order chi connectivity index (χ0) is 20.5. The summed E-state index contributed by atoms with van der Waals surface area (Å²) in [5.74, 6) is 0.765. The van der Waals surface area contributed by atoms with Gasteiger partial charge in [-0.2, -0.15) is 0 Å². The van der Waals surface area contributed by atoms with Gasteiger partial charge in [-0.3, -0.25) is 0 Å². The van der Waals surface area contributed by atoms with Gasteiger partial charge in [0.15, 0.2) is 0 Å². The van der Waals surface area contributed by atoms with E-state index in [0.29, 0.717) is 11.8 Å². The summed E-state index contributed by atoms with van der Waals surface area (Å²) in [6.07, 6.45) is 1.56. The lowest BCUT2D eigenvalue weighted by Gasteiger charge is -2.08. The molecule has 148 valence electrons. The van der Waals surface area contributed by atoms with Crippen molar-refractivity contribution < 1.29 is 8.81 Å². The van der Waals surface area contributed by atoms with Gasteiger partial charge in [-0.05, 0) is 36.8 Å². The van der Waals surface area contributed by atoms with Crippen LogP contribution in [0.5, 0.6) is 0 Å². The Bertz CT molecular complexity index is 1300. The summed E-state index contributed by atoms with van der Waals surface area (Å²) in [4.78, 5) is 9.79. The average Bonchev–Trinajstić information content (AvgIpc) is 3.43. The van der Waals surface area contributed by atoms with E-state index in [2.05, 4.69) is 20.2 Å². The average molecular weight is 435 g/mol. The third-order valence-electron chi connectivity index (χ3n) is 4.59. The number of aromatic nitrogens is 4. The number of hydrogen-bond donors (Lipinski definition) is 0. The number of hydrogen-bond acceptors (Lipinski definition) is 7. The molecule has 0 aliphatic rings. The van der Waals surface area contributed by atoms with Crippen LogP contribution in [-0.4, -0.2) is 20.2 Å². The lowest BCUT2D eigenvalue weighted by atomic mass is 10.1. The van der Waals surface area contributed by atoms with E-state index in [-0.39, 0.29) is 11.1 Å². The van der Waals surface area contributed by atoms with Gasteiger partial charge in [0.1, 0.15) is 22.0 Å². The molecule has 0 N–H and O–H groups in total. The first-order chi connectivity index (χ1) is 14.7. The molecule has 0 aliphatic carbocycles. The molecule has 0 fully saturated rings. The Labute approximate surface area is 180 Å². The minimum absolute atomic E-state index is 0.103. The van der Waals surface area contributed by atoms with Gasteiger partial charge in [0.2, 0.25) is 11.8 Å². The van der Waals surface area contributed by atoms with Crippen LogP contribution < -0.4 is 0 Å². The molecule has 0 aliphatic heterocycles. The fourth-order valence-corrected chi connectivity index (χ4v) is 5.04. The number of thioether (sulfide) groups is 1. The maximum Gasteiger partial charge on any atom is 0.247 e. The van der Waals surface area contributed by atoms with Crippen molar-refractivity contribution >= 4 is 33.3 Å². The van der Waals surface area contributed by atoms with Crippen molar-refractivity contribution in [3.63, 3.8) is 0 Å². The van der Waals surface area contributed by atoms with Gasteiger partial charge >= 0.3 is 0 Å². The molecule has 0 radical (unpaired) electrons. The van der Waals surface area contributed by atoms with E-state index in [9.17, 15) is 4.39 Å². The van der Waals surface area contributed by atoms with Crippen molar-refractivity contribution in [2.75, 3.05) is 0 Å². The monoisotopic (exact) mass is 434 g/mol. The molecule has 1 atom stereocenters. The molecule has 30 heavy (non-hydrogen) atoms. The molecule has 3 aromatic heterocycles. The predicted molar refractivity (Wildman–Crippen MR) is 117 cm³/mol. The van der Waals surface area contributed by atoms with Crippen LogP contribution in [0.25, 0.3) is 32.8 Å². The first-order valence-corrected chi connectivity index (χ1v) is 11.0. The third kappa shape index (κ3) is 3.59. The second kappa shape index (κ2) is 7.97. The zero-order valence-electron chi connectivity index (χ0n) is 15.8. The molecule has 5 rings (SSSR count). The minimum Gasteiger partial charge on any atom is -0.419 e. The first-order valence-electron chi connectivity index (χ1n) is 9.22. The van der Waals surface area contributed by atoms with E-state index in [1.54, 1.807) is 29.8 Å². The lowest BCUT2D eigenvalue weighted by Crippen LogP contribution is -1.92. The predicted octanol–water partition coefficient (Wildman–Crippen LogP) is 6.40. The Hall–Kier alpha value is -3.10. The van der Waals surface area contributed by atoms with Crippen LogP contribution in [0.1, 0.15) is 18.1 Å². The summed E-state index contributed by atoms with van der Waals surface area (Å²) in [7, 11) is 0. The van der Waals surface area contributed by atoms with Crippen LogP contribution in [0.3, 0.4) is 0 Å². The molecule has 0 saturated heterocycles. The summed E-state index contributed by atoms with van der Waals surface area (Å²) >= 11 is 3.08. The summed E-state index contributed by atoms with van der Waals surface area (Å²) in [5, 5.41) is 12.1. The van der Waals surface area contributed by atoms with E-state index in [1.807, 2.05) is 42.6 Å². The highest BCUT2D eigenvalue weighted by atomic mass is 32.2. The van der Waals surface area contributed by atoms with E-state index in [4.69, 9.17) is 4.42 Å². The Morgan fingerprint density at radius 3 is 2.57 bits per heavy atom. The maximum absolute atomic E-state index is 13.4. The molecule has 3 heterocycles. The van der Waals surface area contributed by atoms with Crippen LogP contribution >= 0.6 is 23.1 Å². The molecule has 5 nitrogen and oxygen atoms in total. The fraction of sp³-hybridized carbons (Fsp3) is 0.0909. The minimum atomic E-state index is -0.261. The fourth-order valence-electron chi connectivity index (χ4n) is 3.09. The highest BCUT2D eigenvalue weighted by Crippen LogP contribution is 2.42. The summed E-state index contributed by atoms with van der Waals surface area (Å²) in [6.45, 7) is 2.00. The molecular formula is C22H15FN4OS2. The van der Waals surface area contributed by atoms with Crippen LogP contribution in [0.4, 0.5) is 4.39 Å². The molecule has 0 saturated carbocycles. The summed E-state index contributed by atoms with van der Waals surface area (Å²) < 4.78 is 19.3. The molecule has 2 aromatic carbocycles. The van der Waals surface area contributed by atoms with Crippen molar-refractivity contribution in [3.05, 3.63) is 78.0 Å². The first kappa shape index (κ1) is 18.9. The van der Waals surface area contributed by atoms with Crippen LogP contribution in [0.15, 0.2) is 75.7 Å². The quantitative estimate of drug-likeness (QED) is 0.236. The van der Waals surface area contributed by atoms with E-state index >= 15 is 0 Å². The Balaban J connectivity index is 1.48. The Kier molecular flexibility index (Phi) is 5.02. The van der Waals surface area contributed by atoms with Crippen molar-refractivity contribution in [3.8, 4) is 22.6 Å². The zero-order valence-corrected chi connectivity index (χ0v) is 17.5. The topological polar surface area (TPSA) is 64.7 Å². The molecule has 0 bridgehead atoms. The Morgan fingerprint density at radius 2 is 1.77 bits per heavy atom. The van der Waals surface area contributed by atoms with Gasteiger partial charge in [0.05, 0.1) is 10.6 Å². The molecule has 8 heteroatoms. The smallest absolute Gasteiger partial charge is 0.247 e. The van der Waals surface area contributed by atoms with E-state index in [0.717, 1.165) is 31.9 Å². The van der Waals surface area contributed by atoms with E-state index < -0.39 is 0 Å². The van der Waals surface area contributed by atoms with Gasteiger partial charge in [-0.1, -0.05) is 42.1 Å². The number of nitrogens with zero attached hydrogens (tertiary/aromatic N) is 4. The van der Waals surface area contributed by atoms with Gasteiger partial charge in [0, 0.05) is 16.5 Å². The number of thiophene rings is 1. The molecule has 0 amide bonds. The van der Waals surface area contributed by atoms with Crippen LogP contribution in [0.2, 0.25) is 0 Å². The SMILES string of the molecule is CC(Sc1ncnc2scc(-c3ccc(F)cc3)c12)c1nnc(-c2ccccc2)o1. The number of benzene rings is 2. The molecule has 5 aromatic rings. The second-order valence-electron chi connectivity index (χ2n) is 6.59. The highest BCUT2D eigenvalue weighted by molar-refractivity contribution is 7.99. The van der Waals surface area contributed by atoms with E-state index in [1.165, 1.54) is 23.9 Å². The standard InChI is InChI=1S/C22H15FN4OS2/c1-13(19-26-27-20(28-19)15-5-3-2-4-6-15)30-22-18-17(11-29-21(18)24-12-25-22)14-7-9-16(23)10-8-14/h2-13H,1H3. The van der Waals surface area contributed by atoms with Gasteiger partial charge in [-0.25, -0.2) is 14.4 Å². The second-order valence-corrected chi connectivity index (χ2v) is 8.77. The van der Waals surface area contributed by atoms with Crippen LogP contribution in [-0.2, 0) is 0 Å². The van der Waals surface area contributed by atoms with Gasteiger partial charge < -0.3 is 4.42 Å². The lowest BCUT2D eigenvalue weighted by molar-refractivity contribution is 0.509. The molecule has 0 spiro atoms. The Morgan fingerprint density at radius 1 is 0.967 bits per heavy atom. The number of fused-ring (bicyclic) bond motifs is 1. The molecular weight excluding hydrogens is 419 g/mol. The van der Waals surface area contributed by atoms with Crippen molar-refractivity contribution in [1.82, 2.24) is 20.2 Å². The van der Waals surface area contributed by atoms with Crippen molar-refractivity contribution in [2.45, 2.75) is 17.2 Å². The van der Waals surface area contributed by atoms with Crippen molar-refractivity contribution in [2.24, 2.45) is 0 Å².